The number of nitrogens with one attached hydrogen (secondary N) is 1. The Bertz CT molecular complexity index is 383. The molecule has 4 nitrogen and oxygen atoms in total. The monoisotopic (exact) mass is 258 g/mol. The van der Waals surface area contributed by atoms with Crippen LogP contribution in [0.4, 0.5) is 5.69 Å². The van der Waals surface area contributed by atoms with Gasteiger partial charge in [0.15, 0.2) is 0 Å². The summed E-state index contributed by atoms with van der Waals surface area (Å²) in [6.07, 6.45) is 0.895. The van der Waals surface area contributed by atoms with Crippen LogP contribution in [0.3, 0.4) is 0 Å². The average molecular weight is 259 g/mol. The SMILES string of the molecule is CCc1cc(O)c(NCC(C)N=O)cc1C.Cl. The maximum Gasteiger partial charge on any atom is 0.138 e. The quantitative estimate of drug-likeness (QED) is 0.630. The number of phenolic OH excluding ortho intramolecular Hbond substituents is 1. The molecule has 0 saturated carbocycles. The average Bonchev–Trinajstić information content (AvgIpc) is 2.29. The Kier molecular flexibility index (Phi) is 6.58. The van der Waals surface area contributed by atoms with Gasteiger partial charge in [-0.15, -0.1) is 12.4 Å². The highest BCUT2D eigenvalue weighted by molar-refractivity contribution is 5.85. The summed E-state index contributed by atoms with van der Waals surface area (Å²) >= 11 is 0. The van der Waals surface area contributed by atoms with Crippen LogP contribution >= 0.6 is 12.4 Å². The summed E-state index contributed by atoms with van der Waals surface area (Å²) in [5, 5.41) is 15.7. The zero-order valence-corrected chi connectivity index (χ0v) is 11.2. The molecule has 1 atom stereocenters. The van der Waals surface area contributed by atoms with Crippen molar-refractivity contribution in [3.05, 3.63) is 28.2 Å². The van der Waals surface area contributed by atoms with Crippen molar-refractivity contribution in [1.29, 1.82) is 0 Å². The van der Waals surface area contributed by atoms with Crippen LogP contribution in [0.2, 0.25) is 0 Å². The first-order valence-corrected chi connectivity index (χ1v) is 5.47. The molecule has 17 heavy (non-hydrogen) atoms. The summed E-state index contributed by atoms with van der Waals surface area (Å²) in [6.45, 7) is 6.21. The van der Waals surface area contributed by atoms with Crippen molar-refractivity contribution in [3.8, 4) is 5.75 Å². The Hall–Kier alpha value is -1.29. The van der Waals surface area contributed by atoms with Gasteiger partial charge in [-0.25, -0.2) is 0 Å². The minimum atomic E-state index is -0.300. The van der Waals surface area contributed by atoms with E-state index < -0.39 is 0 Å². The normalized spacial score (nSPS) is 11.5. The molecule has 96 valence electrons. The minimum absolute atomic E-state index is 0. The van der Waals surface area contributed by atoms with Crippen molar-refractivity contribution in [2.75, 3.05) is 11.9 Å². The van der Waals surface area contributed by atoms with E-state index in [9.17, 15) is 10.0 Å². The maximum atomic E-state index is 10.2. The first-order chi connectivity index (χ1) is 7.58. The molecular weight excluding hydrogens is 240 g/mol. The van der Waals surface area contributed by atoms with Crippen LogP contribution in [0.1, 0.15) is 25.0 Å². The fourth-order valence-electron chi connectivity index (χ4n) is 1.56. The minimum Gasteiger partial charge on any atom is -0.506 e. The number of halogens is 1. The Morgan fingerprint density at radius 2 is 2.12 bits per heavy atom. The fraction of sp³-hybridized carbons (Fsp3) is 0.500. The van der Waals surface area contributed by atoms with Crippen LogP contribution < -0.4 is 5.32 Å². The lowest BCUT2D eigenvalue weighted by atomic mass is 10.0. The maximum absolute atomic E-state index is 10.2. The van der Waals surface area contributed by atoms with Crippen LogP contribution in [0.15, 0.2) is 17.3 Å². The number of benzene rings is 1. The Labute approximate surface area is 108 Å². The molecular formula is C12H19ClN2O2. The van der Waals surface area contributed by atoms with Gasteiger partial charge in [0.2, 0.25) is 0 Å². The Morgan fingerprint density at radius 1 is 1.47 bits per heavy atom. The first kappa shape index (κ1) is 15.7. The highest BCUT2D eigenvalue weighted by Crippen LogP contribution is 2.27. The molecule has 0 fully saturated rings. The molecule has 0 aliphatic carbocycles. The molecule has 0 amide bonds. The standard InChI is InChI=1S/C12H18N2O2.ClH/c1-4-10-6-12(15)11(5-8(10)2)13-7-9(3)14-16;/h5-6,9,13,15H,4,7H2,1-3H3;1H. The van der Waals surface area contributed by atoms with Crippen molar-refractivity contribution in [2.45, 2.75) is 33.2 Å². The molecule has 0 aliphatic heterocycles. The number of aromatic hydroxyl groups is 1. The molecule has 0 radical (unpaired) electrons. The molecule has 1 rings (SSSR count). The number of phenols is 1. The zero-order chi connectivity index (χ0) is 12.1. The molecule has 1 aromatic carbocycles. The van der Waals surface area contributed by atoms with E-state index in [-0.39, 0.29) is 24.2 Å². The predicted octanol–water partition coefficient (Wildman–Crippen LogP) is 3.25. The van der Waals surface area contributed by atoms with Gasteiger partial charge in [-0.3, -0.25) is 0 Å². The second-order valence-corrected chi connectivity index (χ2v) is 3.98. The topological polar surface area (TPSA) is 61.7 Å². The molecule has 0 spiro atoms. The highest BCUT2D eigenvalue weighted by Gasteiger charge is 2.07. The van der Waals surface area contributed by atoms with Crippen molar-refractivity contribution in [2.24, 2.45) is 5.18 Å². The number of aryl methyl sites for hydroxylation is 2. The summed E-state index contributed by atoms with van der Waals surface area (Å²) in [7, 11) is 0. The lowest BCUT2D eigenvalue weighted by molar-refractivity contribution is 0.476. The van der Waals surface area contributed by atoms with E-state index in [0.29, 0.717) is 12.2 Å². The van der Waals surface area contributed by atoms with E-state index >= 15 is 0 Å². The van der Waals surface area contributed by atoms with E-state index in [2.05, 4.69) is 10.5 Å². The second kappa shape index (κ2) is 7.12. The number of hydrogen-bond acceptors (Lipinski definition) is 4. The van der Waals surface area contributed by atoms with Gasteiger partial charge < -0.3 is 10.4 Å². The van der Waals surface area contributed by atoms with Crippen LogP contribution in [0.5, 0.6) is 5.75 Å². The van der Waals surface area contributed by atoms with Crippen LogP contribution in [0.25, 0.3) is 0 Å². The van der Waals surface area contributed by atoms with Gasteiger partial charge in [0.05, 0.1) is 5.69 Å². The third-order valence-electron chi connectivity index (χ3n) is 2.60. The lowest BCUT2D eigenvalue weighted by Gasteiger charge is -2.12. The van der Waals surface area contributed by atoms with Crippen LogP contribution in [0, 0.1) is 11.8 Å². The highest BCUT2D eigenvalue weighted by atomic mass is 35.5. The molecule has 0 saturated heterocycles. The third kappa shape index (κ3) is 4.23. The van der Waals surface area contributed by atoms with Gasteiger partial charge >= 0.3 is 0 Å². The number of rotatable bonds is 5. The summed E-state index contributed by atoms with van der Waals surface area (Å²) in [5.41, 5.74) is 2.92. The van der Waals surface area contributed by atoms with Crippen molar-refractivity contribution < 1.29 is 5.11 Å². The largest absolute Gasteiger partial charge is 0.506 e. The van der Waals surface area contributed by atoms with Gasteiger partial charge in [-0.2, -0.15) is 4.91 Å². The molecule has 0 bridgehead atoms. The summed E-state index contributed by atoms with van der Waals surface area (Å²) < 4.78 is 0. The summed E-state index contributed by atoms with van der Waals surface area (Å²) in [4.78, 5) is 10.2. The molecule has 0 heterocycles. The Morgan fingerprint density at radius 3 is 2.65 bits per heavy atom. The second-order valence-electron chi connectivity index (χ2n) is 3.98. The van der Waals surface area contributed by atoms with Crippen molar-refractivity contribution in [1.82, 2.24) is 0 Å². The molecule has 1 unspecified atom stereocenters. The predicted molar refractivity (Wildman–Crippen MR) is 73.2 cm³/mol. The van der Waals surface area contributed by atoms with E-state index in [0.717, 1.165) is 17.5 Å². The van der Waals surface area contributed by atoms with Crippen molar-refractivity contribution >= 4 is 18.1 Å². The number of hydrogen-bond donors (Lipinski definition) is 2. The molecule has 0 aromatic heterocycles. The molecule has 5 heteroatoms. The number of nitroso groups, excluding NO2 is 1. The van der Waals surface area contributed by atoms with Gasteiger partial charge in [0.25, 0.3) is 0 Å². The van der Waals surface area contributed by atoms with Crippen LogP contribution in [-0.2, 0) is 6.42 Å². The molecule has 2 N–H and O–H groups in total. The van der Waals surface area contributed by atoms with E-state index in [1.807, 2.05) is 19.9 Å². The van der Waals surface area contributed by atoms with E-state index in [1.54, 1.807) is 13.0 Å². The number of nitrogens with zero attached hydrogens (tertiary/aromatic N) is 1. The first-order valence-electron chi connectivity index (χ1n) is 5.47. The zero-order valence-electron chi connectivity index (χ0n) is 10.4. The third-order valence-corrected chi connectivity index (χ3v) is 2.60. The van der Waals surface area contributed by atoms with Gasteiger partial charge in [-0.1, -0.05) is 12.1 Å². The van der Waals surface area contributed by atoms with Crippen LogP contribution in [-0.4, -0.2) is 17.7 Å². The molecule has 0 aliphatic rings. The van der Waals surface area contributed by atoms with Gasteiger partial charge in [0, 0.05) is 6.54 Å². The fourth-order valence-corrected chi connectivity index (χ4v) is 1.56. The summed E-state index contributed by atoms with van der Waals surface area (Å²) in [5.74, 6) is 0.223. The smallest absolute Gasteiger partial charge is 0.138 e. The van der Waals surface area contributed by atoms with Gasteiger partial charge in [-0.05, 0) is 43.5 Å². The number of anilines is 1. The molecule has 1 aromatic rings. The van der Waals surface area contributed by atoms with E-state index in [4.69, 9.17) is 0 Å². The lowest BCUT2D eigenvalue weighted by Crippen LogP contribution is -2.13. The Balaban J connectivity index is 0.00000256. The van der Waals surface area contributed by atoms with Crippen molar-refractivity contribution in [3.63, 3.8) is 0 Å². The van der Waals surface area contributed by atoms with E-state index in [1.165, 1.54) is 0 Å². The summed E-state index contributed by atoms with van der Waals surface area (Å²) in [6, 6.07) is 3.35. The van der Waals surface area contributed by atoms with Gasteiger partial charge in [0.1, 0.15) is 11.8 Å².